The highest BCUT2D eigenvalue weighted by Gasteiger charge is 2.28. The lowest BCUT2D eigenvalue weighted by Crippen LogP contribution is -2.41. The number of ether oxygens (including phenoxy) is 2. The van der Waals surface area contributed by atoms with Gasteiger partial charge < -0.3 is 20.1 Å². The summed E-state index contributed by atoms with van der Waals surface area (Å²) in [6, 6.07) is 6.24. The van der Waals surface area contributed by atoms with E-state index in [-0.39, 0.29) is 24.4 Å². The summed E-state index contributed by atoms with van der Waals surface area (Å²) in [7, 11) is 0. The largest absolute Gasteiger partial charge is 0.490 e. The van der Waals surface area contributed by atoms with Crippen molar-refractivity contribution in [2.75, 3.05) is 39.4 Å². The molecule has 1 aromatic carbocycles. The van der Waals surface area contributed by atoms with Gasteiger partial charge >= 0.3 is 0 Å². The summed E-state index contributed by atoms with van der Waals surface area (Å²) in [5, 5.41) is 5.36. The summed E-state index contributed by atoms with van der Waals surface area (Å²) < 4.78 is 11.5. The molecule has 3 rings (SSSR count). The maximum atomic E-state index is 12.2. The molecule has 1 aromatic rings. The van der Waals surface area contributed by atoms with Gasteiger partial charge in [0.1, 0.15) is 0 Å². The van der Waals surface area contributed by atoms with Gasteiger partial charge in [-0.1, -0.05) is 6.07 Å². The molecule has 7 nitrogen and oxygen atoms in total. The fourth-order valence-electron chi connectivity index (χ4n) is 3.46. The first-order chi connectivity index (χ1) is 12.7. The Morgan fingerprint density at radius 2 is 1.92 bits per heavy atom. The highest BCUT2D eigenvalue weighted by molar-refractivity contribution is 5.85. The monoisotopic (exact) mass is 361 g/mol. The van der Waals surface area contributed by atoms with Gasteiger partial charge in [0.2, 0.25) is 11.8 Å². The second kappa shape index (κ2) is 8.89. The second-order valence-electron chi connectivity index (χ2n) is 6.62. The number of fused-ring (bicyclic) bond motifs is 1. The summed E-state index contributed by atoms with van der Waals surface area (Å²) in [6.07, 6.45) is 2.93. The average Bonchev–Trinajstić information content (AvgIpc) is 2.95. The van der Waals surface area contributed by atoms with Crippen LogP contribution in [-0.2, 0) is 9.59 Å². The van der Waals surface area contributed by atoms with Gasteiger partial charge in [0, 0.05) is 19.0 Å². The molecule has 0 spiro atoms. The van der Waals surface area contributed by atoms with E-state index < -0.39 is 0 Å². The molecule has 2 aliphatic rings. The topological polar surface area (TPSA) is 79.9 Å². The van der Waals surface area contributed by atoms with Gasteiger partial charge in [-0.25, -0.2) is 0 Å². The molecule has 7 heteroatoms. The molecule has 1 fully saturated rings. The number of amides is 2. The van der Waals surface area contributed by atoms with Crippen LogP contribution < -0.4 is 20.1 Å². The number of carbonyl (C=O) groups excluding carboxylic acids is 2. The van der Waals surface area contributed by atoms with Crippen molar-refractivity contribution in [2.24, 2.45) is 0 Å². The van der Waals surface area contributed by atoms with Gasteiger partial charge in [0.25, 0.3) is 0 Å². The first-order valence-corrected chi connectivity index (χ1v) is 9.34. The van der Waals surface area contributed by atoms with Crippen molar-refractivity contribution in [1.82, 2.24) is 15.5 Å². The quantitative estimate of drug-likeness (QED) is 0.797. The molecule has 0 radical (unpaired) electrons. The Kier molecular flexibility index (Phi) is 6.33. The van der Waals surface area contributed by atoms with Gasteiger partial charge in [0.15, 0.2) is 11.5 Å². The van der Waals surface area contributed by atoms with E-state index in [4.69, 9.17) is 9.47 Å². The number of rotatable bonds is 6. The lowest BCUT2D eigenvalue weighted by atomic mass is 10.0. The Bertz CT molecular complexity index is 650. The molecular weight excluding hydrogens is 334 g/mol. The van der Waals surface area contributed by atoms with Crippen LogP contribution >= 0.6 is 0 Å². The molecule has 2 amide bonds. The van der Waals surface area contributed by atoms with E-state index in [1.165, 1.54) is 0 Å². The van der Waals surface area contributed by atoms with Crippen LogP contribution in [0.1, 0.15) is 37.8 Å². The zero-order valence-electron chi connectivity index (χ0n) is 15.3. The minimum atomic E-state index is -0.165. The second-order valence-corrected chi connectivity index (χ2v) is 6.62. The van der Waals surface area contributed by atoms with Crippen molar-refractivity contribution in [3.8, 4) is 11.5 Å². The predicted octanol–water partition coefficient (Wildman–Crippen LogP) is 1.24. The molecule has 0 bridgehead atoms. The van der Waals surface area contributed by atoms with E-state index in [1.807, 2.05) is 19.1 Å². The maximum Gasteiger partial charge on any atom is 0.239 e. The molecular formula is C19H27N3O4. The molecule has 2 heterocycles. The van der Waals surface area contributed by atoms with Gasteiger partial charge in [-0.05, 0) is 44.0 Å². The number of benzene rings is 1. The van der Waals surface area contributed by atoms with Crippen LogP contribution in [0.2, 0.25) is 0 Å². The van der Waals surface area contributed by atoms with Crippen molar-refractivity contribution in [2.45, 2.75) is 32.2 Å². The molecule has 2 aliphatic heterocycles. The number of likely N-dealkylation sites (tertiary alicyclic amines) is 1. The number of nitrogens with zero attached hydrogens (tertiary/aromatic N) is 1. The molecule has 0 aliphatic carbocycles. The molecule has 0 unspecified atom stereocenters. The molecule has 142 valence electrons. The lowest BCUT2D eigenvalue weighted by molar-refractivity contribution is -0.126. The summed E-state index contributed by atoms with van der Waals surface area (Å²) in [5.41, 5.74) is 1.14. The van der Waals surface area contributed by atoms with E-state index in [0.717, 1.165) is 42.9 Å². The van der Waals surface area contributed by atoms with Crippen LogP contribution in [0.4, 0.5) is 0 Å². The fraction of sp³-hybridized carbons (Fsp3) is 0.579. The van der Waals surface area contributed by atoms with Crippen LogP contribution in [0.25, 0.3) is 0 Å². The van der Waals surface area contributed by atoms with Crippen molar-refractivity contribution < 1.29 is 19.1 Å². The Labute approximate surface area is 154 Å². The summed E-state index contributed by atoms with van der Waals surface area (Å²) in [6.45, 7) is 4.93. The average molecular weight is 361 g/mol. The van der Waals surface area contributed by atoms with Crippen LogP contribution in [0.5, 0.6) is 11.5 Å². The molecule has 1 atom stereocenters. The maximum absolute atomic E-state index is 12.2. The number of hydrogen-bond donors (Lipinski definition) is 2. The SMILES string of the molecule is CCNC(=O)CNC(=O)CN1CCC[C@H]1c1ccc2c(c1)OCCCO2. The number of hydrogen-bond acceptors (Lipinski definition) is 5. The molecule has 0 aromatic heterocycles. The van der Waals surface area contributed by atoms with Crippen molar-refractivity contribution in [3.05, 3.63) is 23.8 Å². The van der Waals surface area contributed by atoms with Crippen molar-refractivity contribution in [1.29, 1.82) is 0 Å². The highest BCUT2D eigenvalue weighted by atomic mass is 16.5. The predicted molar refractivity (Wildman–Crippen MR) is 97.3 cm³/mol. The Morgan fingerprint density at radius 3 is 2.73 bits per heavy atom. The standard InChI is InChI=1S/C19H27N3O4/c1-2-20-18(23)12-21-19(24)13-22-8-3-5-15(22)14-6-7-16-17(11-14)26-10-4-9-25-16/h6-7,11,15H,2-5,8-10,12-13H2,1H3,(H,20,23)(H,21,24)/t15-/m0/s1. The van der Waals surface area contributed by atoms with Gasteiger partial charge in [-0.2, -0.15) is 0 Å². The van der Waals surface area contributed by atoms with Crippen LogP contribution in [0.15, 0.2) is 18.2 Å². The number of likely N-dealkylation sites (N-methyl/N-ethyl adjacent to an activating group) is 1. The minimum Gasteiger partial charge on any atom is -0.490 e. The smallest absolute Gasteiger partial charge is 0.239 e. The van der Waals surface area contributed by atoms with Crippen LogP contribution in [0, 0.1) is 0 Å². The summed E-state index contributed by atoms with van der Waals surface area (Å²) in [4.78, 5) is 25.8. The van der Waals surface area contributed by atoms with Gasteiger partial charge in [0.05, 0.1) is 26.3 Å². The molecule has 1 saturated heterocycles. The van der Waals surface area contributed by atoms with E-state index >= 15 is 0 Å². The number of nitrogens with one attached hydrogen (secondary N) is 2. The molecule has 26 heavy (non-hydrogen) atoms. The van der Waals surface area contributed by atoms with Crippen LogP contribution in [0.3, 0.4) is 0 Å². The molecule has 0 saturated carbocycles. The zero-order chi connectivity index (χ0) is 18.4. The summed E-state index contributed by atoms with van der Waals surface area (Å²) >= 11 is 0. The van der Waals surface area contributed by atoms with E-state index in [9.17, 15) is 9.59 Å². The first kappa shape index (κ1) is 18.5. The third-order valence-electron chi connectivity index (χ3n) is 4.69. The van der Waals surface area contributed by atoms with Gasteiger partial charge in [-0.3, -0.25) is 14.5 Å². The Hall–Kier alpha value is -2.28. The zero-order valence-corrected chi connectivity index (χ0v) is 15.3. The first-order valence-electron chi connectivity index (χ1n) is 9.34. The highest BCUT2D eigenvalue weighted by Crippen LogP contribution is 2.37. The van der Waals surface area contributed by atoms with E-state index in [0.29, 0.717) is 26.3 Å². The van der Waals surface area contributed by atoms with Crippen molar-refractivity contribution in [3.63, 3.8) is 0 Å². The Morgan fingerprint density at radius 1 is 1.12 bits per heavy atom. The Balaban J connectivity index is 1.60. The van der Waals surface area contributed by atoms with Crippen LogP contribution in [-0.4, -0.2) is 56.1 Å². The lowest BCUT2D eigenvalue weighted by Gasteiger charge is -2.24. The summed E-state index contributed by atoms with van der Waals surface area (Å²) in [5.74, 6) is 1.28. The van der Waals surface area contributed by atoms with Gasteiger partial charge in [-0.15, -0.1) is 0 Å². The van der Waals surface area contributed by atoms with E-state index in [1.54, 1.807) is 0 Å². The normalized spacial score (nSPS) is 19.7. The van der Waals surface area contributed by atoms with Crippen molar-refractivity contribution >= 4 is 11.8 Å². The van der Waals surface area contributed by atoms with E-state index in [2.05, 4.69) is 21.6 Å². The third kappa shape index (κ3) is 4.66. The number of carbonyl (C=O) groups is 2. The molecule has 2 N–H and O–H groups in total. The third-order valence-corrected chi connectivity index (χ3v) is 4.69. The fourth-order valence-corrected chi connectivity index (χ4v) is 3.46. The minimum absolute atomic E-state index is 0.0230.